The molecule has 5 nitrogen and oxygen atoms in total. The van der Waals surface area contributed by atoms with Crippen LogP contribution >= 0.6 is 0 Å². The summed E-state index contributed by atoms with van der Waals surface area (Å²) in [6, 6.07) is 7.76. The second-order valence-electron chi connectivity index (χ2n) is 4.44. The van der Waals surface area contributed by atoms with Gasteiger partial charge in [-0.2, -0.15) is 5.10 Å². The van der Waals surface area contributed by atoms with E-state index in [1.54, 1.807) is 26.0 Å². The number of carbonyl (C=O) groups is 1. The number of aromatic nitrogens is 2. The number of halogens is 1. The van der Waals surface area contributed by atoms with E-state index >= 15 is 0 Å². The summed E-state index contributed by atoms with van der Waals surface area (Å²) in [5.74, 6) is -0.879. The maximum Gasteiger partial charge on any atom is 0.330 e. The van der Waals surface area contributed by atoms with Crippen LogP contribution in [0.5, 0.6) is 0 Å². The van der Waals surface area contributed by atoms with E-state index in [-0.39, 0.29) is 12.4 Å². The van der Waals surface area contributed by atoms with E-state index in [4.69, 9.17) is 4.74 Å². The van der Waals surface area contributed by atoms with Crippen molar-refractivity contribution in [3.8, 4) is 11.3 Å². The number of ether oxygens (including phenoxy) is 1. The lowest BCUT2D eigenvalue weighted by Gasteiger charge is -2.13. The molecule has 1 atom stereocenters. The van der Waals surface area contributed by atoms with E-state index in [9.17, 15) is 14.0 Å². The van der Waals surface area contributed by atoms with Gasteiger partial charge in [-0.05, 0) is 44.2 Å². The molecule has 2 rings (SSSR count). The van der Waals surface area contributed by atoms with Crippen LogP contribution in [0.25, 0.3) is 11.3 Å². The molecule has 0 spiro atoms. The second-order valence-corrected chi connectivity index (χ2v) is 4.44. The molecule has 0 aliphatic carbocycles. The minimum absolute atomic E-state index is 0.232. The SMILES string of the molecule is CCOC(=O)C(C)n1nc(-c2ccc(F)cc2)ccc1=O. The lowest BCUT2D eigenvalue weighted by atomic mass is 10.1. The summed E-state index contributed by atoms with van der Waals surface area (Å²) in [5, 5.41) is 4.16. The lowest BCUT2D eigenvalue weighted by molar-refractivity contribution is -0.147. The van der Waals surface area contributed by atoms with Crippen LogP contribution in [0.4, 0.5) is 4.39 Å². The fraction of sp³-hybridized carbons (Fsp3) is 0.267. The van der Waals surface area contributed by atoms with Gasteiger partial charge in [0.2, 0.25) is 0 Å². The number of hydrogen-bond acceptors (Lipinski definition) is 4. The number of carbonyl (C=O) groups excluding carboxylic acids is 1. The minimum atomic E-state index is -0.821. The predicted molar refractivity (Wildman–Crippen MR) is 75.2 cm³/mol. The Bertz CT molecular complexity index is 695. The first-order chi connectivity index (χ1) is 10.0. The van der Waals surface area contributed by atoms with Crippen molar-refractivity contribution in [1.82, 2.24) is 9.78 Å². The summed E-state index contributed by atoms with van der Waals surface area (Å²) in [6.45, 7) is 3.46. The van der Waals surface area contributed by atoms with Gasteiger partial charge in [-0.15, -0.1) is 0 Å². The molecule has 0 saturated carbocycles. The van der Waals surface area contributed by atoms with Crippen molar-refractivity contribution in [2.75, 3.05) is 6.61 Å². The Morgan fingerprint density at radius 3 is 2.57 bits per heavy atom. The Morgan fingerprint density at radius 2 is 1.95 bits per heavy atom. The first kappa shape index (κ1) is 14.9. The fourth-order valence-electron chi connectivity index (χ4n) is 1.84. The number of benzene rings is 1. The Labute approximate surface area is 121 Å². The van der Waals surface area contributed by atoms with E-state index in [1.807, 2.05) is 0 Å². The second kappa shape index (κ2) is 6.30. The fourth-order valence-corrected chi connectivity index (χ4v) is 1.84. The zero-order chi connectivity index (χ0) is 15.4. The molecule has 1 unspecified atom stereocenters. The normalized spacial score (nSPS) is 12.0. The summed E-state index contributed by atoms with van der Waals surface area (Å²) in [7, 11) is 0. The molecule has 0 bridgehead atoms. The third kappa shape index (κ3) is 3.34. The van der Waals surface area contributed by atoms with Crippen molar-refractivity contribution in [1.29, 1.82) is 0 Å². The Balaban J connectivity index is 2.39. The maximum absolute atomic E-state index is 12.9. The molecule has 21 heavy (non-hydrogen) atoms. The molecule has 0 saturated heterocycles. The number of rotatable bonds is 4. The van der Waals surface area contributed by atoms with Gasteiger partial charge in [0.25, 0.3) is 5.56 Å². The van der Waals surface area contributed by atoms with Gasteiger partial charge < -0.3 is 4.74 Å². The average Bonchev–Trinajstić information content (AvgIpc) is 2.48. The van der Waals surface area contributed by atoms with Gasteiger partial charge >= 0.3 is 5.97 Å². The number of hydrogen-bond donors (Lipinski definition) is 0. The van der Waals surface area contributed by atoms with Gasteiger partial charge in [-0.1, -0.05) is 0 Å². The van der Waals surface area contributed by atoms with E-state index in [0.717, 1.165) is 4.68 Å². The monoisotopic (exact) mass is 290 g/mol. The maximum atomic E-state index is 12.9. The highest BCUT2D eigenvalue weighted by Crippen LogP contribution is 2.16. The van der Waals surface area contributed by atoms with E-state index in [1.165, 1.54) is 24.3 Å². The summed E-state index contributed by atoms with van der Waals surface area (Å²) in [6.07, 6.45) is 0. The first-order valence-electron chi connectivity index (χ1n) is 6.55. The molecular formula is C15H15FN2O3. The summed E-state index contributed by atoms with van der Waals surface area (Å²) in [4.78, 5) is 23.6. The molecule has 0 N–H and O–H groups in total. The van der Waals surface area contributed by atoms with Gasteiger partial charge in [0.05, 0.1) is 12.3 Å². The summed E-state index contributed by atoms with van der Waals surface area (Å²) >= 11 is 0. The summed E-state index contributed by atoms with van der Waals surface area (Å²) in [5.41, 5.74) is 0.730. The van der Waals surface area contributed by atoms with Crippen LogP contribution in [0.2, 0.25) is 0 Å². The van der Waals surface area contributed by atoms with Gasteiger partial charge in [-0.25, -0.2) is 13.9 Å². The van der Waals surface area contributed by atoms with Crippen molar-refractivity contribution < 1.29 is 13.9 Å². The average molecular weight is 290 g/mol. The van der Waals surface area contributed by atoms with Crippen molar-refractivity contribution in [2.45, 2.75) is 19.9 Å². The Kier molecular flexibility index (Phi) is 4.47. The molecular weight excluding hydrogens is 275 g/mol. The molecule has 0 aliphatic heterocycles. The number of esters is 1. The molecule has 1 aromatic heterocycles. The molecule has 0 amide bonds. The molecule has 1 heterocycles. The Morgan fingerprint density at radius 1 is 1.29 bits per heavy atom. The molecule has 0 fully saturated rings. The lowest BCUT2D eigenvalue weighted by Crippen LogP contribution is -2.31. The van der Waals surface area contributed by atoms with Gasteiger partial charge in [0, 0.05) is 11.6 Å². The molecule has 110 valence electrons. The smallest absolute Gasteiger partial charge is 0.330 e. The third-order valence-electron chi connectivity index (χ3n) is 2.96. The van der Waals surface area contributed by atoms with Crippen LogP contribution in [0.1, 0.15) is 19.9 Å². The van der Waals surface area contributed by atoms with Crippen LogP contribution < -0.4 is 5.56 Å². The van der Waals surface area contributed by atoms with Gasteiger partial charge in [-0.3, -0.25) is 4.79 Å². The molecule has 1 aromatic carbocycles. The predicted octanol–water partition coefficient (Wildman–Crippen LogP) is 2.17. The van der Waals surface area contributed by atoms with Crippen LogP contribution in [0.15, 0.2) is 41.2 Å². The van der Waals surface area contributed by atoms with E-state index in [0.29, 0.717) is 11.3 Å². The standard InChI is InChI=1S/C15H15FN2O3/c1-3-21-15(20)10(2)18-14(19)9-8-13(17-18)11-4-6-12(16)7-5-11/h4-10H,3H2,1-2H3. The van der Waals surface area contributed by atoms with E-state index < -0.39 is 17.6 Å². The van der Waals surface area contributed by atoms with Crippen LogP contribution in [0, 0.1) is 5.82 Å². The minimum Gasteiger partial charge on any atom is -0.464 e. The quantitative estimate of drug-likeness (QED) is 0.810. The number of nitrogens with zero attached hydrogens (tertiary/aromatic N) is 2. The third-order valence-corrected chi connectivity index (χ3v) is 2.96. The highest BCUT2D eigenvalue weighted by atomic mass is 19.1. The molecule has 0 radical (unpaired) electrons. The van der Waals surface area contributed by atoms with Crippen LogP contribution in [-0.4, -0.2) is 22.4 Å². The zero-order valence-corrected chi connectivity index (χ0v) is 11.7. The highest BCUT2D eigenvalue weighted by Gasteiger charge is 2.19. The topological polar surface area (TPSA) is 61.2 Å². The van der Waals surface area contributed by atoms with Crippen molar-refractivity contribution in [3.05, 3.63) is 52.6 Å². The van der Waals surface area contributed by atoms with E-state index in [2.05, 4.69) is 5.10 Å². The van der Waals surface area contributed by atoms with Crippen molar-refractivity contribution in [2.24, 2.45) is 0 Å². The van der Waals surface area contributed by atoms with Crippen LogP contribution in [-0.2, 0) is 9.53 Å². The van der Waals surface area contributed by atoms with Crippen LogP contribution in [0.3, 0.4) is 0 Å². The summed E-state index contributed by atoms with van der Waals surface area (Å²) < 4.78 is 18.9. The molecule has 6 heteroatoms. The zero-order valence-electron chi connectivity index (χ0n) is 11.7. The van der Waals surface area contributed by atoms with Crippen molar-refractivity contribution >= 4 is 5.97 Å². The highest BCUT2D eigenvalue weighted by molar-refractivity contribution is 5.73. The largest absolute Gasteiger partial charge is 0.464 e. The molecule has 0 aliphatic rings. The van der Waals surface area contributed by atoms with Crippen molar-refractivity contribution in [3.63, 3.8) is 0 Å². The van der Waals surface area contributed by atoms with Gasteiger partial charge in [0.1, 0.15) is 5.82 Å². The molecule has 2 aromatic rings. The first-order valence-corrected chi connectivity index (χ1v) is 6.55. The Hall–Kier alpha value is -2.50. The van der Waals surface area contributed by atoms with Gasteiger partial charge in [0.15, 0.2) is 6.04 Å².